The highest BCUT2D eigenvalue weighted by atomic mass is 16.2. The zero-order valence-electron chi connectivity index (χ0n) is 17.8. The molecule has 3 atom stereocenters. The van der Waals surface area contributed by atoms with Crippen LogP contribution in [0.4, 0.5) is 0 Å². The third-order valence-electron chi connectivity index (χ3n) is 5.43. The Balaban J connectivity index is 2.54. The number of hydrogen-bond donors (Lipinski definition) is 5. The Kier molecular flexibility index (Phi) is 13.1. The van der Waals surface area contributed by atoms with Gasteiger partial charge in [-0.1, -0.05) is 12.8 Å². The van der Waals surface area contributed by atoms with Crippen molar-refractivity contribution in [2.75, 3.05) is 40.3 Å². The Morgan fingerprint density at radius 2 is 1.89 bits per heavy atom. The molecular formula is C20H42N6O2. The van der Waals surface area contributed by atoms with Crippen LogP contribution in [-0.4, -0.2) is 75.1 Å². The van der Waals surface area contributed by atoms with Gasteiger partial charge in [-0.2, -0.15) is 0 Å². The van der Waals surface area contributed by atoms with Crippen LogP contribution in [0.25, 0.3) is 0 Å². The molecule has 0 radical (unpaired) electrons. The summed E-state index contributed by atoms with van der Waals surface area (Å²) in [5, 5.41) is 9.04. The smallest absolute Gasteiger partial charge is 0.237 e. The van der Waals surface area contributed by atoms with E-state index in [-0.39, 0.29) is 30.3 Å². The van der Waals surface area contributed by atoms with E-state index in [4.69, 9.17) is 11.5 Å². The second-order valence-electron chi connectivity index (χ2n) is 7.99. The van der Waals surface area contributed by atoms with Crippen molar-refractivity contribution in [3.8, 4) is 0 Å². The molecule has 0 saturated heterocycles. The van der Waals surface area contributed by atoms with E-state index in [1.807, 2.05) is 19.0 Å². The number of hydrogen-bond acceptors (Lipinski definition) is 6. The first-order chi connectivity index (χ1) is 13.5. The molecule has 1 aliphatic rings. The minimum Gasteiger partial charge on any atom is -0.353 e. The zero-order valence-corrected chi connectivity index (χ0v) is 17.8. The van der Waals surface area contributed by atoms with E-state index in [9.17, 15) is 9.59 Å². The first kappa shape index (κ1) is 24.8. The number of carbonyl (C=O) groups is 2. The molecule has 0 heterocycles. The molecule has 8 heteroatoms. The molecule has 0 aromatic heterocycles. The van der Waals surface area contributed by atoms with Gasteiger partial charge in [0, 0.05) is 25.2 Å². The molecule has 28 heavy (non-hydrogen) atoms. The average Bonchev–Trinajstić information content (AvgIpc) is 2.66. The van der Waals surface area contributed by atoms with Crippen LogP contribution in [0.5, 0.6) is 0 Å². The summed E-state index contributed by atoms with van der Waals surface area (Å²) in [6.07, 6.45) is 8.25. The minimum atomic E-state index is -0.455. The third-order valence-corrected chi connectivity index (χ3v) is 5.43. The number of carbonyl (C=O) groups excluding carboxylic acids is 2. The number of nitrogens with two attached hydrogens (primary N) is 2. The van der Waals surface area contributed by atoms with Crippen LogP contribution in [0.15, 0.2) is 0 Å². The highest BCUT2D eigenvalue weighted by molar-refractivity contribution is 5.88. The van der Waals surface area contributed by atoms with Gasteiger partial charge in [-0.15, -0.1) is 0 Å². The Labute approximate surface area is 170 Å². The number of nitrogens with zero attached hydrogens (tertiary/aromatic N) is 1. The van der Waals surface area contributed by atoms with Crippen molar-refractivity contribution in [3.05, 3.63) is 0 Å². The lowest BCUT2D eigenvalue weighted by Gasteiger charge is -2.30. The second-order valence-corrected chi connectivity index (χ2v) is 7.99. The maximum absolute atomic E-state index is 12.7. The van der Waals surface area contributed by atoms with Gasteiger partial charge in [0.2, 0.25) is 11.8 Å². The second kappa shape index (κ2) is 14.7. The van der Waals surface area contributed by atoms with Crippen molar-refractivity contribution in [2.45, 2.75) is 75.9 Å². The molecule has 8 nitrogen and oxygen atoms in total. The first-order valence-electron chi connectivity index (χ1n) is 10.9. The first-order valence-corrected chi connectivity index (χ1v) is 10.9. The van der Waals surface area contributed by atoms with E-state index in [2.05, 4.69) is 16.0 Å². The summed E-state index contributed by atoms with van der Waals surface area (Å²) in [5.74, 6) is -0.155. The summed E-state index contributed by atoms with van der Waals surface area (Å²) in [6, 6.07) is -0.162. The lowest BCUT2D eigenvalue weighted by molar-refractivity contribution is -0.131. The zero-order chi connectivity index (χ0) is 20.8. The molecule has 7 N–H and O–H groups in total. The fourth-order valence-electron chi connectivity index (χ4n) is 3.71. The van der Waals surface area contributed by atoms with Crippen LogP contribution in [0, 0.1) is 0 Å². The quantitative estimate of drug-likeness (QED) is 0.261. The molecule has 1 rings (SSSR count). The SMILES string of the molecule is CNCCNC(=O)C(CC(=O)NC1CCCC(N)C1)N(C)CCCCCCN. The van der Waals surface area contributed by atoms with Gasteiger partial charge in [0.15, 0.2) is 0 Å². The van der Waals surface area contributed by atoms with Crippen LogP contribution < -0.4 is 27.4 Å². The van der Waals surface area contributed by atoms with Gasteiger partial charge < -0.3 is 27.4 Å². The van der Waals surface area contributed by atoms with E-state index >= 15 is 0 Å². The molecule has 1 saturated carbocycles. The predicted octanol–water partition coefficient (Wildman–Crippen LogP) is -0.0823. The van der Waals surface area contributed by atoms with E-state index in [0.29, 0.717) is 13.1 Å². The standard InChI is InChI=1S/C20H42N6O2/c1-23-11-12-24-20(28)18(26(2)13-6-4-3-5-10-21)15-19(27)25-17-9-7-8-16(22)14-17/h16-18,23H,3-15,21-22H2,1-2H3,(H,24,28)(H,25,27). The van der Waals surface area contributed by atoms with Crippen LogP contribution in [0.3, 0.4) is 0 Å². The molecule has 0 bridgehead atoms. The van der Waals surface area contributed by atoms with Crippen LogP contribution >= 0.6 is 0 Å². The van der Waals surface area contributed by atoms with Gasteiger partial charge >= 0.3 is 0 Å². The lowest BCUT2D eigenvalue weighted by atomic mass is 9.91. The molecule has 0 aromatic rings. The molecule has 0 aromatic carbocycles. The molecule has 2 amide bonds. The van der Waals surface area contributed by atoms with Gasteiger partial charge in [0.25, 0.3) is 0 Å². The maximum atomic E-state index is 12.7. The third kappa shape index (κ3) is 10.4. The Bertz CT molecular complexity index is 448. The van der Waals surface area contributed by atoms with Crippen molar-refractivity contribution in [3.63, 3.8) is 0 Å². The summed E-state index contributed by atoms with van der Waals surface area (Å²) in [5.41, 5.74) is 11.6. The summed E-state index contributed by atoms with van der Waals surface area (Å²) in [4.78, 5) is 27.3. The highest BCUT2D eigenvalue weighted by Crippen LogP contribution is 2.17. The monoisotopic (exact) mass is 398 g/mol. The molecule has 1 aliphatic carbocycles. The largest absolute Gasteiger partial charge is 0.353 e. The van der Waals surface area contributed by atoms with Crippen molar-refractivity contribution in [2.24, 2.45) is 11.5 Å². The molecule has 3 unspecified atom stereocenters. The van der Waals surface area contributed by atoms with Gasteiger partial charge in [-0.25, -0.2) is 0 Å². The highest BCUT2D eigenvalue weighted by Gasteiger charge is 2.27. The Morgan fingerprint density at radius 1 is 1.14 bits per heavy atom. The average molecular weight is 399 g/mol. The summed E-state index contributed by atoms with van der Waals surface area (Å²) in [6.45, 7) is 2.76. The van der Waals surface area contributed by atoms with Crippen LogP contribution in [0.2, 0.25) is 0 Å². The summed E-state index contributed by atoms with van der Waals surface area (Å²) < 4.78 is 0. The number of unbranched alkanes of at least 4 members (excludes halogenated alkanes) is 3. The number of nitrogens with one attached hydrogen (secondary N) is 3. The number of likely N-dealkylation sites (N-methyl/N-ethyl adjacent to an activating group) is 2. The Hall–Kier alpha value is -1.22. The van der Waals surface area contributed by atoms with E-state index in [1.54, 1.807) is 0 Å². The van der Waals surface area contributed by atoms with Gasteiger partial charge in [0.05, 0.1) is 12.5 Å². The van der Waals surface area contributed by atoms with E-state index in [0.717, 1.165) is 64.5 Å². The molecule has 0 spiro atoms. The van der Waals surface area contributed by atoms with E-state index in [1.165, 1.54) is 0 Å². The minimum absolute atomic E-state index is 0.0668. The fraction of sp³-hybridized carbons (Fsp3) is 0.900. The predicted molar refractivity (Wildman–Crippen MR) is 114 cm³/mol. The van der Waals surface area contributed by atoms with Crippen molar-refractivity contribution in [1.82, 2.24) is 20.9 Å². The van der Waals surface area contributed by atoms with Crippen molar-refractivity contribution < 1.29 is 9.59 Å². The summed E-state index contributed by atoms with van der Waals surface area (Å²) >= 11 is 0. The lowest BCUT2D eigenvalue weighted by Crippen LogP contribution is -2.50. The number of rotatable bonds is 14. The van der Waals surface area contributed by atoms with Crippen molar-refractivity contribution >= 4 is 11.8 Å². The topological polar surface area (TPSA) is 126 Å². The molecule has 1 fully saturated rings. The normalized spacial score (nSPS) is 20.8. The molecule has 164 valence electrons. The van der Waals surface area contributed by atoms with Crippen LogP contribution in [-0.2, 0) is 9.59 Å². The summed E-state index contributed by atoms with van der Waals surface area (Å²) in [7, 11) is 3.77. The van der Waals surface area contributed by atoms with Crippen LogP contribution in [0.1, 0.15) is 57.8 Å². The molecule has 0 aliphatic heterocycles. The van der Waals surface area contributed by atoms with Gasteiger partial charge in [-0.3, -0.25) is 14.5 Å². The van der Waals surface area contributed by atoms with Crippen molar-refractivity contribution in [1.29, 1.82) is 0 Å². The maximum Gasteiger partial charge on any atom is 0.237 e. The Morgan fingerprint density at radius 3 is 2.57 bits per heavy atom. The van der Waals surface area contributed by atoms with Gasteiger partial charge in [0.1, 0.15) is 0 Å². The molecular weight excluding hydrogens is 356 g/mol. The van der Waals surface area contributed by atoms with E-state index < -0.39 is 6.04 Å². The fourth-order valence-corrected chi connectivity index (χ4v) is 3.71. The number of amides is 2. The van der Waals surface area contributed by atoms with Gasteiger partial charge in [-0.05, 0) is 65.7 Å².